The first kappa shape index (κ1) is 14.0. The minimum Gasteiger partial charge on any atom is -0.469 e. The smallest absolute Gasteiger partial charge is 0.306 e. The van der Waals surface area contributed by atoms with Crippen molar-refractivity contribution in [2.75, 3.05) is 12.9 Å². The average molecular weight is 298 g/mol. The van der Waals surface area contributed by atoms with E-state index in [0.29, 0.717) is 12.2 Å². The molecule has 19 heavy (non-hydrogen) atoms. The Balaban J connectivity index is 1.95. The number of nitrogens with zero attached hydrogens (tertiary/aromatic N) is 2. The molecule has 0 saturated carbocycles. The van der Waals surface area contributed by atoms with Crippen molar-refractivity contribution in [2.45, 2.75) is 10.8 Å². The molecule has 1 aromatic heterocycles. The van der Waals surface area contributed by atoms with Crippen molar-refractivity contribution in [2.24, 2.45) is 0 Å². The van der Waals surface area contributed by atoms with Crippen molar-refractivity contribution >= 4 is 29.1 Å². The molecule has 4 nitrogen and oxygen atoms in total. The van der Waals surface area contributed by atoms with Gasteiger partial charge in [-0.15, -0.1) is 10.2 Å². The summed E-state index contributed by atoms with van der Waals surface area (Å²) in [6.07, 6.45) is 0.340. The van der Waals surface area contributed by atoms with Gasteiger partial charge in [-0.3, -0.25) is 4.79 Å². The highest BCUT2D eigenvalue weighted by Gasteiger charge is 2.08. The molecule has 0 aliphatic rings. The van der Waals surface area contributed by atoms with Crippen molar-refractivity contribution in [3.63, 3.8) is 0 Å². The Morgan fingerprint density at radius 1 is 1.37 bits per heavy atom. The van der Waals surface area contributed by atoms with Crippen LogP contribution in [-0.4, -0.2) is 29.0 Å². The molecular formula is C12H11FN2O2S2. The Morgan fingerprint density at radius 3 is 2.79 bits per heavy atom. The SMILES string of the molecule is COC(=O)CCSc1nnc(-c2ccc(F)cc2)s1. The van der Waals surface area contributed by atoms with E-state index in [1.165, 1.54) is 42.3 Å². The number of aromatic nitrogens is 2. The standard InChI is InChI=1S/C12H11FN2O2S2/c1-17-10(16)6-7-18-12-15-14-11(19-12)8-2-4-9(13)5-3-8/h2-5H,6-7H2,1H3. The number of hydrogen-bond acceptors (Lipinski definition) is 6. The van der Waals surface area contributed by atoms with Gasteiger partial charge in [0.15, 0.2) is 4.34 Å². The maximum absolute atomic E-state index is 12.8. The first-order valence-corrected chi connectivity index (χ1v) is 7.28. The summed E-state index contributed by atoms with van der Waals surface area (Å²) >= 11 is 2.87. The fourth-order valence-corrected chi connectivity index (χ4v) is 3.15. The molecule has 1 heterocycles. The summed E-state index contributed by atoms with van der Waals surface area (Å²) < 4.78 is 18.1. The molecule has 2 rings (SSSR count). The number of methoxy groups -OCH3 is 1. The first-order valence-electron chi connectivity index (χ1n) is 5.48. The van der Waals surface area contributed by atoms with E-state index in [1.807, 2.05) is 0 Å². The lowest BCUT2D eigenvalue weighted by Crippen LogP contribution is -2.00. The lowest BCUT2D eigenvalue weighted by atomic mass is 10.2. The number of carbonyl (C=O) groups is 1. The van der Waals surface area contributed by atoms with Crippen LogP contribution in [0.2, 0.25) is 0 Å². The predicted molar refractivity (Wildman–Crippen MR) is 72.7 cm³/mol. The van der Waals surface area contributed by atoms with Gasteiger partial charge in [0.05, 0.1) is 13.5 Å². The third kappa shape index (κ3) is 4.00. The minimum atomic E-state index is -0.277. The summed E-state index contributed by atoms with van der Waals surface area (Å²) in [4.78, 5) is 11.0. The third-order valence-corrected chi connectivity index (χ3v) is 4.36. The highest BCUT2D eigenvalue weighted by atomic mass is 32.2. The number of carbonyl (C=O) groups excluding carboxylic acids is 1. The van der Waals surface area contributed by atoms with E-state index in [0.717, 1.165) is 14.9 Å². The Morgan fingerprint density at radius 2 is 2.11 bits per heavy atom. The second kappa shape index (κ2) is 6.63. The van der Waals surface area contributed by atoms with Crippen molar-refractivity contribution in [1.29, 1.82) is 0 Å². The number of rotatable bonds is 5. The summed E-state index contributed by atoms with van der Waals surface area (Å²) in [6.45, 7) is 0. The quantitative estimate of drug-likeness (QED) is 0.627. The number of hydrogen-bond donors (Lipinski definition) is 0. The molecule has 0 amide bonds. The Bertz CT molecular complexity index is 557. The predicted octanol–water partition coefficient (Wildman–Crippen LogP) is 3.00. The van der Waals surface area contributed by atoms with E-state index in [2.05, 4.69) is 14.9 Å². The number of thioether (sulfide) groups is 1. The van der Waals surface area contributed by atoms with Crippen LogP contribution < -0.4 is 0 Å². The van der Waals surface area contributed by atoms with Crippen LogP contribution in [0, 0.1) is 5.82 Å². The van der Waals surface area contributed by atoms with E-state index < -0.39 is 0 Å². The van der Waals surface area contributed by atoms with Crippen LogP contribution in [0.25, 0.3) is 10.6 Å². The van der Waals surface area contributed by atoms with Crippen LogP contribution in [0.1, 0.15) is 6.42 Å². The van der Waals surface area contributed by atoms with Crippen LogP contribution in [0.5, 0.6) is 0 Å². The Kier molecular flexibility index (Phi) is 4.86. The van der Waals surface area contributed by atoms with Gasteiger partial charge in [0.25, 0.3) is 0 Å². The van der Waals surface area contributed by atoms with Gasteiger partial charge in [0, 0.05) is 11.3 Å². The fourth-order valence-electron chi connectivity index (χ4n) is 1.30. The summed E-state index contributed by atoms with van der Waals surface area (Å²) in [5, 5.41) is 8.80. The van der Waals surface area contributed by atoms with Gasteiger partial charge in [0.1, 0.15) is 10.8 Å². The second-order valence-electron chi connectivity index (χ2n) is 3.55. The zero-order valence-corrected chi connectivity index (χ0v) is 11.8. The van der Waals surface area contributed by atoms with Crippen LogP contribution in [0.4, 0.5) is 4.39 Å². The largest absolute Gasteiger partial charge is 0.469 e. The van der Waals surface area contributed by atoms with Crippen LogP contribution in [0.3, 0.4) is 0 Å². The van der Waals surface area contributed by atoms with Crippen LogP contribution >= 0.6 is 23.1 Å². The zero-order valence-electron chi connectivity index (χ0n) is 10.1. The van der Waals surface area contributed by atoms with Crippen LogP contribution in [-0.2, 0) is 9.53 Å². The zero-order chi connectivity index (χ0) is 13.7. The number of esters is 1. The summed E-state index contributed by atoms with van der Waals surface area (Å²) in [6, 6.07) is 6.11. The summed E-state index contributed by atoms with van der Waals surface area (Å²) in [5.41, 5.74) is 0.832. The summed E-state index contributed by atoms with van der Waals surface area (Å²) in [7, 11) is 1.37. The van der Waals surface area contributed by atoms with Crippen molar-refractivity contribution in [3.05, 3.63) is 30.1 Å². The Labute approximate surface area is 118 Å². The average Bonchev–Trinajstić information content (AvgIpc) is 2.88. The highest BCUT2D eigenvalue weighted by Crippen LogP contribution is 2.29. The fraction of sp³-hybridized carbons (Fsp3) is 0.250. The number of benzene rings is 1. The molecule has 0 bridgehead atoms. The molecule has 0 aliphatic heterocycles. The monoisotopic (exact) mass is 298 g/mol. The number of ether oxygens (including phenoxy) is 1. The molecule has 0 unspecified atom stereocenters. The van der Waals surface area contributed by atoms with Gasteiger partial charge in [-0.1, -0.05) is 23.1 Å². The lowest BCUT2D eigenvalue weighted by molar-refractivity contribution is -0.140. The molecule has 7 heteroatoms. The van der Waals surface area contributed by atoms with Crippen molar-refractivity contribution < 1.29 is 13.9 Å². The molecule has 0 atom stereocenters. The van der Waals surface area contributed by atoms with Gasteiger partial charge >= 0.3 is 5.97 Å². The topological polar surface area (TPSA) is 52.1 Å². The summed E-state index contributed by atoms with van der Waals surface area (Å²) in [5.74, 6) is 0.0850. The van der Waals surface area contributed by atoms with E-state index in [9.17, 15) is 9.18 Å². The molecule has 2 aromatic rings. The van der Waals surface area contributed by atoms with Crippen molar-refractivity contribution in [1.82, 2.24) is 10.2 Å². The molecule has 0 saturated heterocycles. The molecule has 0 aliphatic carbocycles. The molecule has 0 radical (unpaired) electrons. The van der Waals surface area contributed by atoms with E-state index in [4.69, 9.17) is 0 Å². The molecular weight excluding hydrogens is 287 g/mol. The highest BCUT2D eigenvalue weighted by molar-refractivity contribution is 8.01. The first-order chi connectivity index (χ1) is 9.19. The van der Waals surface area contributed by atoms with Crippen molar-refractivity contribution in [3.8, 4) is 10.6 Å². The van der Waals surface area contributed by atoms with E-state index in [-0.39, 0.29) is 11.8 Å². The van der Waals surface area contributed by atoms with Gasteiger partial charge in [0.2, 0.25) is 0 Å². The maximum Gasteiger partial charge on any atom is 0.306 e. The van der Waals surface area contributed by atoms with Gasteiger partial charge in [-0.05, 0) is 24.3 Å². The molecule has 100 valence electrons. The third-order valence-electron chi connectivity index (χ3n) is 2.26. The molecule has 1 aromatic carbocycles. The van der Waals surface area contributed by atoms with Gasteiger partial charge in [-0.2, -0.15) is 0 Å². The van der Waals surface area contributed by atoms with E-state index in [1.54, 1.807) is 12.1 Å². The Hall–Kier alpha value is -1.47. The van der Waals surface area contributed by atoms with Gasteiger partial charge < -0.3 is 4.74 Å². The maximum atomic E-state index is 12.8. The minimum absolute atomic E-state index is 0.240. The molecule has 0 N–H and O–H groups in total. The van der Waals surface area contributed by atoms with Gasteiger partial charge in [-0.25, -0.2) is 4.39 Å². The lowest BCUT2D eigenvalue weighted by Gasteiger charge is -1.96. The van der Waals surface area contributed by atoms with Crippen LogP contribution in [0.15, 0.2) is 28.6 Å². The normalized spacial score (nSPS) is 10.4. The molecule has 0 spiro atoms. The van der Waals surface area contributed by atoms with E-state index >= 15 is 0 Å². The molecule has 0 fully saturated rings. The second-order valence-corrected chi connectivity index (χ2v) is 5.87. The number of halogens is 1.